The van der Waals surface area contributed by atoms with Crippen molar-refractivity contribution in [2.45, 2.75) is 13.0 Å². The third kappa shape index (κ3) is 3.51. The molecular formula is C18H17ClN2O3. The zero-order valence-corrected chi connectivity index (χ0v) is 13.8. The Morgan fingerprint density at radius 1 is 1.17 bits per heavy atom. The van der Waals surface area contributed by atoms with Gasteiger partial charge in [-0.25, -0.2) is 4.79 Å². The summed E-state index contributed by atoms with van der Waals surface area (Å²) >= 11 is 5.85. The van der Waals surface area contributed by atoms with Gasteiger partial charge in [-0.2, -0.15) is 0 Å². The van der Waals surface area contributed by atoms with E-state index >= 15 is 0 Å². The summed E-state index contributed by atoms with van der Waals surface area (Å²) in [5.41, 5.74) is 8.55. The molecule has 124 valence electrons. The number of hydrogen-bond acceptors (Lipinski definition) is 4. The molecule has 0 saturated carbocycles. The van der Waals surface area contributed by atoms with Crippen LogP contribution in [0, 0.1) is 0 Å². The van der Waals surface area contributed by atoms with Gasteiger partial charge in [0.05, 0.1) is 5.56 Å². The molecule has 5 nitrogen and oxygen atoms in total. The minimum atomic E-state index is -0.652. The van der Waals surface area contributed by atoms with E-state index in [0.29, 0.717) is 18.1 Å². The average Bonchev–Trinajstić information content (AvgIpc) is 2.61. The number of benzene rings is 2. The number of ether oxygens (including phenoxy) is 1. The smallest absolute Gasteiger partial charge is 0.340 e. The average molecular weight is 345 g/mol. The molecule has 0 radical (unpaired) electrons. The first-order valence-corrected chi connectivity index (χ1v) is 7.99. The van der Waals surface area contributed by atoms with Crippen molar-refractivity contribution in [2.75, 3.05) is 18.9 Å². The molecule has 0 bridgehead atoms. The van der Waals surface area contributed by atoms with Crippen LogP contribution >= 0.6 is 11.6 Å². The highest BCUT2D eigenvalue weighted by atomic mass is 35.5. The lowest BCUT2D eigenvalue weighted by molar-refractivity contribution is -0.135. The van der Waals surface area contributed by atoms with Gasteiger partial charge in [-0.3, -0.25) is 4.79 Å². The summed E-state index contributed by atoms with van der Waals surface area (Å²) in [4.78, 5) is 26.1. The highest BCUT2D eigenvalue weighted by Crippen LogP contribution is 2.20. The van der Waals surface area contributed by atoms with Crippen LogP contribution in [0.4, 0.5) is 5.69 Å². The number of nitrogens with zero attached hydrogens (tertiary/aromatic N) is 1. The first-order valence-electron chi connectivity index (χ1n) is 7.61. The molecule has 0 unspecified atom stereocenters. The number of rotatable bonds is 3. The fraction of sp³-hybridized carbons (Fsp3) is 0.222. The van der Waals surface area contributed by atoms with Gasteiger partial charge in [0.1, 0.15) is 0 Å². The van der Waals surface area contributed by atoms with Gasteiger partial charge in [0.15, 0.2) is 6.61 Å². The van der Waals surface area contributed by atoms with E-state index in [-0.39, 0.29) is 23.8 Å². The van der Waals surface area contributed by atoms with Gasteiger partial charge in [0.2, 0.25) is 0 Å². The summed E-state index contributed by atoms with van der Waals surface area (Å²) in [6, 6.07) is 12.6. The van der Waals surface area contributed by atoms with Crippen molar-refractivity contribution in [3.05, 3.63) is 64.2 Å². The Bertz CT molecular complexity index is 792. The first-order chi connectivity index (χ1) is 11.5. The Hall–Kier alpha value is -2.53. The minimum absolute atomic E-state index is 0.166. The molecule has 2 aromatic rings. The second-order valence-electron chi connectivity index (χ2n) is 5.64. The summed E-state index contributed by atoms with van der Waals surface area (Å²) in [7, 11) is 0. The molecule has 1 aliphatic heterocycles. The molecule has 3 rings (SSSR count). The quantitative estimate of drug-likeness (QED) is 0.686. The van der Waals surface area contributed by atoms with Gasteiger partial charge in [-0.15, -0.1) is 0 Å². The predicted molar refractivity (Wildman–Crippen MR) is 91.7 cm³/mol. The van der Waals surface area contributed by atoms with Gasteiger partial charge in [-0.05, 0) is 35.7 Å². The Morgan fingerprint density at radius 2 is 1.92 bits per heavy atom. The number of anilines is 1. The number of amides is 1. The summed E-state index contributed by atoms with van der Waals surface area (Å²) in [6.07, 6.45) is 0.803. The number of halogens is 1. The summed E-state index contributed by atoms with van der Waals surface area (Å²) in [5.74, 6) is -0.876. The van der Waals surface area contributed by atoms with Crippen LogP contribution in [0.5, 0.6) is 0 Å². The molecule has 0 aromatic heterocycles. The van der Waals surface area contributed by atoms with Gasteiger partial charge >= 0.3 is 5.97 Å². The van der Waals surface area contributed by atoms with Crippen LogP contribution in [0.2, 0.25) is 5.02 Å². The molecule has 0 spiro atoms. The van der Waals surface area contributed by atoms with Crippen molar-refractivity contribution in [3.8, 4) is 0 Å². The number of fused-ring (bicyclic) bond motifs is 1. The van der Waals surface area contributed by atoms with Crippen molar-refractivity contribution in [1.82, 2.24) is 4.90 Å². The van der Waals surface area contributed by atoms with E-state index in [0.717, 1.165) is 12.0 Å². The monoisotopic (exact) mass is 344 g/mol. The van der Waals surface area contributed by atoms with Crippen molar-refractivity contribution in [1.29, 1.82) is 0 Å². The normalized spacial score (nSPS) is 13.3. The SMILES string of the molecule is Nc1ccc(Cl)cc1C(=O)OCC(=O)N1CCc2ccccc2C1. The van der Waals surface area contributed by atoms with Crippen molar-refractivity contribution in [3.63, 3.8) is 0 Å². The van der Waals surface area contributed by atoms with Crippen molar-refractivity contribution >= 4 is 29.2 Å². The van der Waals surface area contributed by atoms with Crippen LogP contribution in [-0.4, -0.2) is 29.9 Å². The van der Waals surface area contributed by atoms with E-state index in [1.165, 1.54) is 17.7 Å². The lowest BCUT2D eigenvalue weighted by Gasteiger charge is -2.28. The zero-order valence-electron chi connectivity index (χ0n) is 13.0. The van der Waals surface area contributed by atoms with E-state index in [1.807, 2.05) is 18.2 Å². The van der Waals surface area contributed by atoms with Crippen LogP contribution in [0.1, 0.15) is 21.5 Å². The highest BCUT2D eigenvalue weighted by molar-refractivity contribution is 6.31. The number of carbonyl (C=O) groups is 2. The molecule has 0 aliphatic carbocycles. The van der Waals surface area contributed by atoms with Crippen LogP contribution in [0.15, 0.2) is 42.5 Å². The fourth-order valence-corrected chi connectivity index (χ4v) is 2.88. The number of nitrogen functional groups attached to an aromatic ring is 1. The van der Waals surface area contributed by atoms with E-state index in [2.05, 4.69) is 6.07 Å². The molecule has 2 aromatic carbocycles. The Morgan fingerprint density at radius 3 is 2.71 bits per heavy atom. The third-order valence-corrected chi connectivity index (χ3v) is 4.28. The van der Waals surface area contributed by atoms with Crippen LogP contribution < -0.4 is 5.73 Å². The second kappa shape index (κ2) is 6.93. The fourth-order valence-electron chi connectivity index (χ4n) is 2.71. The lowest BCUT2D eigenvalue weighted by atomic mass is 10.00. The molecule has 1 aliphatic rings. The van der Waals surface area contributed by atoms with Crippen LogP contribution in [-0.2, 0) is 22.5 Å². The second-order valence-corrected chi connectivity index (χ2v) is 6.08. The van der Waals surface area contributed by atoms with Gasteiger partial charge in [0, 0.05) is 23.8 Å². The molecule has 1 amide bonds. The number of nitrogens with two attached hydrogens (primary N) is 1. The maximum atomic E-state index is 12.3. The number of carbonyl (C=O) groups excluding carboxylic acids is 2. The predicted octanol–water partition coefficient (Wildman–Crippen LogP) is 2.66. The van der Waals surface area contributed by atoms with Crippen molar-refractivity contribution < 1.29 is 14.3 Å². The maximum absolute atomic E-state index is 12.3. The van der Waals surface area contributed by atoms with E-state index in [9.17, 15) is 9.59 Å². The Kier molecular flexibility index (Phi) is 4.71. The molecule has 0 atom stereocenters. The molecular weight excluding hydrogens is 328 g/mol. The largest absolute Gasteiger partial charge is 0.452 e. The van der Waals surface area contributed by atoms with E-state index in [4.69, 9.17) is 22.1 Å². The van der Waals surface area contributed by atoms with Crippen LogP contribution in [0.3, 0.4) is 0 Å². The summed E-state index contributed by atoms with van der Waals surface area (Å²) in [5, 5.41) is 0.384. The summed E-state index contributed by atoms with van der Waals surface area (Å²) in [6.45, 7) is 0.839. The van der Waals surface area contributed by atoms with E-state index in [1.54, 1.807) is 11.0 Å². The maximum Gasteiger partial charge on any atom is 0.340 e. The summed E-state index contributed by atoms with van der Waals surface area (Å²) < 4.78 is 5.10. The number of hydrogen-bond donors (Lipinski definition) is 1. The van der Waals surface area contributed by atoms with Gasteiger partial charge in [0.25, 0.3) is 5.91 Å². The van der Waals surface area contributed by atoms with Crippen LogP contribution in [0.25, 0.3) is 0 Å². The molecule has 2 N–H and O–H groups in total. The van der Waals surface area contributed by atoms with Gasteiger partial charge < -0.3 is 15.4 Å². The topological polar surface area (TPSA) is 72.6 Å². The molecule has 6 heteroatoms. The minimum Gasteiger partial charge on any atom is -0.452 e. The standard InChI is InChI=1S/C18H17ClN2O3/c19-14-5-6-16(20)15(9-14)18(23)24-11-17(22)21-8-7-12-3-1-2-4-13(12)10-21/h1-6,9H,7-8,10-11,20H2. The van der Waals surface area contributed by atoms with E-state index < -0.39 is 5.97 Å². The Balaban J connectivity index is 1.60. The van der Waals surface area contributed by atoms with Crippen molar-refractivity contribution in [2.24, 2.45) is 0 Å². The molecule has 1 heterocycles. The molecule has 24 heavy (non-hydrogen) atoms. The van der Waals surface area contributed by atoms with Gasteiger partial charge in [-0.1, -0.05) is 35.9 Å². The highest BCUT2D eigenvalue weighted by Gasteiger charge is 2.22. The number of esters is 1. The molecule has 0 fully saturated rings. The Labute approximate surface area is 145 Å². The zero-order chi connectivity index (χ0) is 17.1. The third-order valence-electron chi connectivity index (χ3n) is 4.05. The first kappa shape index (κ1) is 16.3. The lowest BCUT2D eigenvalue weighted by Crippen LogP contribution is -2.38. The molecule has 0 saturated heterocycles.